The highest BCUT2D eigenvalue weighted by atomic mass is 19.1. The molecule has 0 amide bonds. The first kappa shape index (κ1) is 14.9. The van der Waals surface area contributed by atoms with E-state index in [4.69, 9.17) is 0 Å². The van der Waals surface area contributed by atoms with Gasteiger partial charge in [0.15, 0.2) is 0 Å². The second kappa shape index (κ2) is 5.66. The molecule has 0 fully saturated rings. The van der Waals surface area contributed by atoms with Gasteiger partial charge in [0.25, 0.3) is 0 Å². The van der Waals surface area contributed by atoms with Gasteiger partial charge < -0.3 is 5.32 Å². The van der Waals surface area contributed by atoms with Crippen LogP contribution in [0.4, 0.5) is 4.39 Å². The van der Waals surface area contributed by atoms with Crippen LogP contribution in [0.25, 0.3) is 0 Å². The third-order valence-corrected chi connectivity index (χ3v) is 3.07. The maximum Gasteiger partial charge on any atom is 0.126 e. The van der Waals surface area contributed by atoms with Gasteiger partial charge in [0, 0.05) is 17.5 Å². The standard InChI is InChI=1S/C16H24FN/c1-6-16(5,12-18-15(2,3)4)11-13-9-7-8-10-14(13)17/h6-10,18H,1,11-12H2,2-5H3. The van der Waals surface area contributed by atoms with Gasteiger partial charge in [-0.25, -0.2) is 4.39 Å². The van der Waals surface area contributed by atoms with Crippen molar-refractivity contribution >= 4 is 0 Å². The molecule has 0 heterocycles. The van der Waals surface area contributed by atoms with Gasteiger partial charge in [0.2, 0.25) is 0 Å². The van der Waals surface area contributed by atoms with Crippen LogP contribution in [0.1, 0.15) is 33.3 Å². The van der Waals surface area contributed by atoms with Crippen molar-refractivity contribution in [2.45, 2.75) is 39.7 Å². The van der Waals surface area contributed by atoms with Crippen molar-refractivity contribution < 1.29 is 4.39 Å². The molecule has 0 aliphatic heterocycles. The van der Waals surface area contributed by atoms with Crippen molar-refractivity contribution in [3.8, 4) is 0 Å². The molecule has 18 heavy (non-hydrogen) atoms. The summed E-state index contributed by atoms with van der Waals surface area (Å²) in [6, 6.07) is 6.95. The summed E-state index contributed by atoms with van der Waals surface area (Å²) in [5.41, 5.74) is 0.658. The Morgan fingerprint density at radius 2 is 1.83 bits per heavy atom. The minimum atomic E-state index is -0.143. The number of hydrogen-bond acceptors (Lipinski definition) is 1. The van der Waals surface area contributed by atoms with Crippen LogP contribution in [0.5, 0.6) is 0 Å². The Morgan fingerprint density at radius 3 is 2.33 bits per heavy atom. The molecule has 0 saturated carbocycles. The molecule has 0 saturated heterocycles. The van der Waals surface area contributed by atoms with Gasteiger partial charge in [-0.05, 0) is 38.8 Å². The van der Waals surface area contributed by atoms with Crippen molar-refractivity contribution in [3.05, 3.63) is 48.3 Å². The summed E-state index contributed by atoms with van der Waals surface area (Å²) in [5.74, 6) is -0.138. The van der Waals surface area contributed by atoms with Gasteiger partial charge in [-0.1, -0.05) is 31.2 Å². The Kier molecular flexibility index (Phi) is 4.69. The van der Waals surface area contributed by atoms with E-state index in [9.17, 15) is 4.39 Å². The molecular formula is C16H24FN. The Labute approximate surface area is 110 Å². The van der Waals surface area contributed by atoms with Crippen molar-refractivity contribution in [2.24, 2.45) is 5.41 Å². The predicted octanol–water partition coefficient (Wildman–Crippen LogP) is 3.95. The summed E-state index contributed by atoms with van der Waals surface area (Å²) in [7, 11) is 0. The maximum absolute atomic E-state index is 13.7. The largest absolute Gasteiger partial charge is 0.311 e. The highest BCUT2D eigenvalue weighted by Gasteiger charge is 2.24. The first-order valence-corrected chi connectivity index (χ1v) is 6.38. The number of nitrogens with one attached hydrogen (secondary N) is 1. The van der Waals surface area contributed by atoms with Gasteiger partial charge in [0.05, 0.1) is 0 Å². The molecule has 0 aliphatic carbocycles. The number of hydrogen-bond donors (Lipinski definition) is 1. The van der Waals surface area contributed by atoms with Crippen LogP contribution in [0.2, 0.25) is 0 Å². The lowest BCUT2D eigenvalue weighted by Gasteiger charge is -2.31. The molecule has 2 heteroatoms. The molecule has 1 aromatic carbocycles. The van der Waals surface area contributed by atoms with E-state index in [2.05, 4.69) is 39.6 Å². The first-order valence-electron chi connectivity index (χ1n) is 6.38. The molecule has 1 rings (SSSR count). The van der Waals surface area contributed by atoms with Gasteiger partial charge in [-0.3, -0.25) is 0 Å². The zero-order valence-corrected chi connectivity index (χ0v) is 11.9. The van der Waals surface area contributed by atoms with Crippen molar-refractivity contribution in [3.63, 3.8) is 0 Å². The van der Waals surface area contributed by atoms with E-state index in [1.807, 2.05) is 18.2 Å². The summed E-state index contributed by atoms with van der Waals surface area (Å²) in [6.07, 6.45) is 2.57. The van der Waals surface area contributed by atoms with Crippen LogP contribution in [0.3, 0.4) is 0 Å². The second-order valence-corrected chi connectivity index (χ2v) is 6.23. The van der Waals surface area contributed by atoms with Crippen LogP contribution >= 0.6 is 0 Å². The fourth-order valence-corrected chi connectivity index (χ4v) is 1.75. The van der Waals surface area contributed by atoms with E-state index < -0.39 is 0 Å². The van der Waals surface area contributed by atoms with E-state index in [1.54, 1.807) is 6.07 Å². The lowest BCUT2D eigenvalue weighted by atomic mass is 9.83. The molecule has 1 aromatic rings. The minimum absolute atomic E-state index is 0.0551. The molecular weight excluding hydrogens is 225 g/mol. The molecule has 0 radical (unpaired) electrons. The van der Waals surface area contributed by atoms with Crippen molar-refractivity contribution in [1.29, 1.82) is 0 Å². The van der Waals surface area contributed by atoms with Crippen molar-refractivity contribution in [1.82, 2.24) is 5.32 Å². The molecule has 0 bridgehead atoms. The minimum Gasteiger partial charge on any atom is -0.311 e. The van der Waals surface area contributed by atoms with Gasteiger partial charge in [0.1, 0.15) is 5.82 Å². The van der Waals surface area contributed by atoms with E-state index in [-0.39, 0.29) is 16.8 Å². The van der Waals surface area contributed by atoms with Gasteiger partial charge >= 0.3 is 0 Å². The monoisotopic (exact) mass is 249 g/mol. The smallest absolute Gasteiger partial charge is 0.126 e. The topological polar surface area (TPSA) is 12.0 Å². The highest BCUT2D eigenvalue weighted by Crippen LogP contribution is 2.25. The normalized spacial score (nSPS) is 15.2. The average molecular weight is 249 g/mol. The zero-order valence-electron chi connectivity index (χ0n) is 11.9. The summed E-state index contributed by atoms with van der Waals surface area (Å²) in [4.78, 5) is 0. The number of benzene rings is 1. The summed E-state index contributed by atoms with van der Waals surface area (Å²) < 4.78 is 13.7. The van der Waals surface area contributed by atoms with Crippen LogP contribution in [-0.4, -0.2) is 12.1 Å². The molecule has 1 nitrogen and oxygen atoms in total. The van der Waals surface area contributed by atoms with E-state index in [0.29, 0.717) is 6.42 Å². The molecule has 0 aliphatic rings. The zero-order chi connectivity index (χ0) is 13.8. The van der Waals surface area contributed by atoms with E-state index in [1.165, 1.54) is 6.07 Å². The third kappa shape index (κ3) is 4.61. The van der Waals surface area contributed by atoms with E-state index in [0.717, 1.165) is 12.1 Å². The Balaban J connectivity index is 2.77. The lowest BCUT2D eigenvalue weighted by Crippen LogP contribution is -2.43. The molecule has 0 aromatic heterocycles. The quantitative estimate of drug-likeness (QED) is 0.779. The van der Waals surface area contributed by atoms with Crippen LogP contribution in [0, 0.1) is 11.2 Å². The first-order chi connectivity index (χ1) is 8.26. The molecule has 1 atom stereocenters. The summed E-state index contributed by atoms with van der Waals surface area (Å²) >= 11 is 0. The van der Waals surface area contributed by atoms with Crippen LogP contribution in [-0.2, 0) is 6.42 Å². The summed E-state index contributed by atoms with van der Waals surface area (Å²) in [5, 5.41) is 3.46. The Morgan fingerprint density at radius 1 is 1.22 bits per heavy atom. The Hall–Kier alpha value is -1.15. The van der Waals surface area contributed by atoms with Gasteiger partial charge in [-0.15, -0.1) is 6.58 Å². The third-order valence-electron chi connectivity index (χ3n) is 3.07. The second-order valence-electron chi connectivity index (χ2n) is 6.23. The summed E-state index contributed by atoms with van der Waals surface area (Å²) in [6.45, 7) is 13.2. The average Bonchev–Trinajstić information content (AvgIpc) is 2.29. The SMILES string of the molecule is C=CC(C)(CNC(C)(C)C)Cc1ccccc1F. The fraction of sp³-hybridized carbons (Fsp3) is 0.500. The van der Waals surface area contributed by atoms with Crippen LogP contribution < -0.4 is 5.32 Å². The number of rotatable bonds is 5. The molecule has 1 unspecified atom stereocenters. The molecule has 0 spiro atoms. The lowest BCUT2D eigenvalue weighted by molar-refractivity contribution is 0.320. The fourth-order valence-electron chi connectivity index (χ4n) is 1.75. The predicted molar refractivity (Wildman–Crippen MR) is 76.2 cm³/mol. The van der Waals surface area contributed by atoms with Crippen LogP contribution in [0.15, 0.2) is 36.9 Å². The highest BCUT2D eigenvalue weighted by molar-refractivity contribution is 5.20. The Bertz CT molecular complexity index is 406. The van der Waals surface area contributed by atoms with Crippen molar-refractivity contribution in [2.75, 3.05) is 6.54 Å². The molecule has 1 N–H and O–H groups in total. The molecule has 100 valence electrons. The maximum atomic E-state index is 13.7. The van der Waals surface area contributed by atoms with E-state index >= 15 is 0 Å². The van der Waals surface area contributed by atoms with Gasteiger partial charge in [-0.2, -0.15) is 0 Å². The number of halogens is 1.